The second-order valence-electron chi connectivity index (χ2n) is 3.53. The smallest absolute Gasteiger partial charge is 0.128 e. The molecule has 1 aromatic carbocycles. The molecule has 84 valence electrons. The first-order valence-corrected chi connectivity index (χ1v) is 5.44. The van der Waals surface area contributed by atoms with Gasteiger partial charge in [-0.1, -0.05) is 36.4 Å². The first kappa shape index (κ1) is 11.4. The Morgan fingerprint density at radius 2 is 2.29 bits per heavy atom. The van der Waals surface area contributed by atoms with E-state index < -0.39 is 0 Å². The Labute approximate surface area is 105 Å². The van der Waals surface area contributed by atoms with E-state index in [1.165, 1.54) is 0 Å². The molecule has 0 saturated heterocycles. The van der Waals surface area contributed by atoms with E-state index in [-0.39, 0.29) is 6.54 Å². The van der Waals surface area contributed by atoms with Crippen LogP contribution < -0.4 is 0 Å². The van der Waals surface area contributed by atoms with E-state index >= 15 is 0 Å². The molecule has 17 heavy (non-hydrogen) atoms. The molecule has 1 heterocycles. The Hall–Kier alpha value is -2.05. The van der Waals surface area contributed by atoms with E-state index in [0.29, 0.717) is 5.02 Å². The van der Waals surface area contributed by atoms with Gasteiger partial charge in [0.25, 0.3) is 0 Å². The van der Waals surface area contributed by atoms with Gasteiger partial charge in [0.2, 0.25) is 0 Å². The van der Waals surface area contributed by atoms with Crippen LogP contribution in [-0.2, 0) is 6.54 Å². The van der Waals surface area contributed by atoms with Crippen molar-refractivity contribution in [3.05, 3.63) is 47.8 Å². The first-order valence-electron chi connectivity index (χ1n) is 5.06. The largest absolute Gasteiger partial charge is 0.258 e. The molecule has 2 aromatic rings. The zero-order chi connectivity index (χ0) is 12.3. The third kappa shape index (κ3) is 2.38. The topological polar surface area (TPSA) is 41.6 Å². The number of hydrogen-bond acceptors (Lipinski definition) is 2. The van der Waals surface area contributed by atoms with Gasteiger partial charge in [0, 0.05) is 16.8 Å². The summed E-state index contributed by atoms with van der Waals surface area (Å²) >= 11 is 6.10. The van der Waals surface area contributed by atoms with Crippen molar-refractivity contribution in [2.24, 2.45) is 0 Å². The fourth-order valence-electron chi connectivity index (χ4n) is 1.54. The van der Waals surface area contributed by atoms with E-state index in [9.17, 15) is 0 Å². The number of rotatable bonds is 3. The van der Waals surface area contributed by atoms with E-state index in [1.54, 1.807) is 17.0 Å². The molecule has 0 bridgehead atoms. The van der Waals surface area contributed by atoms with Gasteiger partial charge in [-0.2, -0.15) is 10.4 Å². The van der Waals surface area contributed by atoms with Crippen LogP contribution in [0.5, 0.6) is 0 Å². The normalized spacial score (nSPS) is 9.88. The number of benzene rings is 1. The molecule has 4 heteroatoms. The van der Waals surface area contributed by atoms with Crippen LogP contribution >= 0.6 is 11.6 Å². The molecule has 0 spiro atoms. The van der Waals surface area contributed by atoms with Crippen LogP contribution in [0, 0.1) is 11.3 Å². The predicted octanol–water partition coefficient (Wildman–Crippen LogP) is 3.37. The second kappa shape index (κ2) is 4.86. The molecule has 0 aliphatic rings. The quantitative estimate of drug-likeness (QED) is 0.829. The molecule has 0 atom stereocenters. The Kier molecular flexibility index (Phi) is 3.27. The third-order valence-electron chi connectivity index (χ3n) is 2.42. The molecular formula is C13H10ClN3. The van der Waals surface area contributed by atoms with E-state index in [0.717, 1.165) is 16.7 Å². The molecule has 2 rings (SSSR count). The van der Waals surface area contributed by atoms with Gasteiger partial charge in [-0.05, 0) is 17.2 Å². The first-order chi connectivity index (χ1) is 8.24. The molecule has 0 aliphatic carbocycles. The van der Waals surface area contributed by atoms with Crippen LogP contribution in [0.25, 0.3) is 17.2 Å². The standard InChI is InChI=1S/C13H10ClN3/c1-2-10-3-4-11(7-13(10)14)12-8-16-17(9-12)6-5-15/h2-4,7-9H,1,6H2. The second-order valence-corrected chi connectivity index (χ2v) is 3.93. The summed E-state index contributed by atoms with van der Waals surface area (Å²) in [6.45, 7) is 3.93. The average Bonchev–Trinajstić information content (AvgIpc) is 2.78. The van der Waals surface area contributed by atoms with Gasteiger partial charge < -0.3 is 0 Å². The monoisotopic (exact) mass is 243 g/mol. The summed E-state index contributed by atoms with van der Waals surface area (Å²) in [5, 5.41) is 13.3. The molecule has 1 aromatic heterocycles. The van der Waals surface area contributed by atoms with Crippen molar-refractivity contribution in [3.63, 3.8) is 0 Å². The summed E-state index contributed by atoms with van der Waals surface area (Å²) in [5.41, 5.74) is 2.82. The van der Waals surface area contributed by atoms with Gasteiger partial charge >= 0.3 is 0 Å². The van der Waals surface area contributed by atoms with Crippen LogP contribution in [0.1, 0.15) is 5.56 Å². The lowest BCUT2D eigenvalue weighted by Crippen LogP contribution is -1.93. The zero-order valence-corrected chi connectivity index (χ0v) is 9.85. The van der Waals surface area contributed by atoms with E-state index in [1.807, 2.05) is 30.5 Å². The van der Waals surface area contributed by atoms with Gasteiger partial charge in [0.1, 0.15) is 6.54 Å². The lowest BCUT2D eigenvalue weighted by molar-refractivity contribution is 0.710. The maximum absolute atomic E-state index is 8.57. The highest BCUT2D eigenvalue weighted by atomic mass is 35.5. The summed E-state index contributed by atoms with van der Waals surface area (Å²) in [5.74, 6) is 0. The Balaban J connectivity index is 2.36. The Morgan fingerprint density at radius 3 is 2.94 bits per heavy atom. The third-order valence-corrected chi connectivity index (χ3v) is 2.75. The summed E-state index contributed by atoms with van der Waals surface area (Å²) in [6.07, 6.45) is 5.25. The molecule has 0 aliphatic heterocycles. The van der Waals surface area contributed by atoms with Gasteiger partial charge in [-0.25, -0.2) is 0 Å². The minimum Gasteiger partial charge on any atom is -0.258 e. The molecule has 0 fully saturated rings. The van der Waals surface area contributed by atoms with Crippen molar-refractivity contribution < 1.29 is 0 Å². The lowest BCUT2D eigenvalue weighted by Gasteiger charge is -2.01. The molecule has 3 nitrogen and oxygen atoms in total. The van der Waals surface area contributed by atoms with Gasteiger partial charge in [0.05, 0.1) is 12.3 Å². The lowest BCUT2D eigenvalue weighted by atomic mass is 10.1. The summed E-state index contributed by atoms with van der Waals surface area (Å²) < 4.78 is 1.59. The van der Waals surface area contributed by atoms with Crippen molar-refractivity contribution in [3.8, 4) is 17.2 Å². The number of nitrogens with zero attached hydrogens (tertiary/aromatic N) is 3. The fraction of sp³-hybridized carbons (Fsp3) is 0.0769. The molecule has 0 amide bonds. The van der Waals surface area contributed by atoms with Crippen molar-refractivity contribution in [2.45, 2.75) is 6.54 Å². The van der Waals surface area contributed by atoms with Crippen molar-refractivity contribution in [1.82, 2.24) is 9.78 Å². The molecule has 0 N–H and O–H groups in total. The maximum atomic E-state index is 8.57. The van der Waals surface area contributed by atoms with Crippen LogP contribution in [0.15, 0.2) is 37.2 Å². The predicted molar refractivity (Wildman–Crippen MR) is 68.4 cm³/mol. The Bertz CT molecular complexity index is 593. The zero-order valence-electron chi connectivity index (χ0n) is 9.10. The highest BCUT2D eigenvalue weighted by Crippen LogP contribution is 2.25. The summed E-state index contributed by atoms with van der Waals surface area (Å²) in [7, 11) is 0. The SMILES string of the molecule is C=Cc1ccc(-c2cnn(CC#N)c2)cc1Cl. The average molecular weight is 244 g/mol. The van der Waals surface area contributed by atoms with Crippen molar-refractivity contribution >= 4 is 17.7 Å². The molecule has 0 unspecified atom stereocenters. The van der Waals surface area contributed by atoms with E-state index in [4.69, 9.17) is 16.9 Å². The van der Waals surface area contributed by atoms with Crippen molar-refractivity contribution in [1.29, 1.82) is 5.26 Å². The van der Waals surface area contributed by atoms with Crippen LogP contribution in [0.2, 0.25) is 5.02 Å². The minimum atomic E-state index is 0.248. The minimum absolute atomic E-state index is 0.248. The summed E-state index contributed by atoms with van der Waals surface area (Å²) in [6, 6.07) is 7.77. The molecular weight excluding hydrogens is 234 g/mol. The highest BCUT2D eigenvalue weighted by molar-refractivity contribution is 6.32. The number of hydrogen-bond donors (Lipinski definition) is 0. The van der Waals surface area contributed by atoms with Gasteiger partial charge in [0.15, 0.2) is 0 Å². The molecule has 0 radical (unpaired) electrons. The van der Waals surface area contributed by atoms with Gasteiger partial charge in [-0.3, -0.25) is 4.68 Å². The number of halogens is 1. The highest BCUT2D eigenvalue weighted by Gasteiger charge is 2.04. The number of aromatic nitrogens is 2. The van der Waals surface area contributed by atoms with Crippen molar-refractivity contribution in [2.75, 3.05) is 0 Å². The van der Waals surface area contributed by atoms with Crippen LogP contribution in [0.3, 0.4) is 0 Å². The van der Waals surface area contributed by atoms with Gasteiger partial charge in [-0.15, -0.1) is 0 Å². The fourth-order valence-corrected chi connectivity index (χ4v) is 1.80. The Morgan fingerprint density at radius 1 is 1.47 bits per heavy atom. The van der Waals surface area contributed by atoms with Crippen LogP contribution in [0.4, 0.5) is 0 Å². The van der Waals surface area contributed by atoms with E-state index in [2.05, 4.69) is 11.7 Å². The van der Waals surface area contributed by atoms with Crippen LogP contribution in [-0.4, -0.2) is 9.78 Å². The summed E-state index contributed by atoms with van der Waals surface area (Å²) in [4.78, 5) is 0. The molecule has 0 saturated carbocycles. The number of nitriles is 1. The maximum Gasteiger partial charge on any atom is 0.128 e.